The van der Waals surface area contributed by atoms with Gasteiger partial charge in [0.1, 0.15) is 0 Å². The standard InChI is InChI=1S/C20H30O4S/c1-14-6-8-16(9-7-14)25(22,23)24-13-15(2)17-10-11-18-19(21)5-4-12-20(17,18)3/h6-9,15,17-19,21H,4-5,10-13H2,1-3H3/t15-,17-,18?,19+,20-/m1/s1. The maximum absolute atomic E-state index is 12.4. The van der Waals surface area contributed by atoms with Gasteiger partial charge in [-0.1, -0.05) is 38.0 Å². The van der Waals surface area contributed by atoms with Crippen LogP contribution < -0.4 is 0 Å². The van der Waals surface area contributed by atoms with Crippen LogP contribution in [0.25, 0.3) is 0 Å². The maximum atomic E-state index is 12.4. The molecule has 0 bridgehead atoms. The molecule has 2 aliphatic carbocycles. The average Bonchev–Trinajstić information content (AvgIpc) is 2.92. The largest absolute Gasteiger partial charge is 0.393 e. The third-order valence-electron chi connectivity index (χ3n) is 6.65. The lowest BCUT2D eigenvalue weighted by Crippen LogP contribution is -2.42. The van der Waals surface area contributed by atoms with E-state index in [-0.39, 0.29) is 28.9 Å². The highest BCUT2D eigenvalue weighted by molar-refractivity contribution is 7.86. The van der Waals surface area contributed by atoms with Crippen molar-refractivity contribution in [2.24, 2.45) is 23.2 Å². The van der Waals surface area contributed by atoms with E-state index in [1.165, 1.54) is 0 Å². The molecule has 140 valence electrons. The molecule has 1 N–H and O–H groups in total. The zero-order valence-corrected chi connectivity index (χ0v) is 16.3. The lowest BCUT2D eigenvalue weighted by molar-refractivity contribution is -0.0307. The molecule has 0 spiro atoms. The number of fused-ring (bicyclic) bond motifs is 1. The van der Waals surface area contributed by atoms with Crippen LogP contribution >= 0.6 is 0 Å². The third-order valence-corrected chi connectivity index (χ3v) is 7.94. The van der Waals surface area contributed by atoms with E-state index in [1.54, 1.807) is 24.3 Å². The molecule has 4 nitrogen and oxygen atoms in total. The van der Waals surface area contributed by atoms with Gasteiger partial charge in [0.15, 0.2) is 0 Å². The Morgan fingerprint density at radius 1 is 1.24 bits per heavy atom. The van der Waals surface area contributed by atoms with E-state index in [0.29, 0.717) is 11.8 Å². The van der Waals surface area contributed by atoms with Crippen molar-refractivity contribution in [1.29, 1.82) is 0 Å². The Kier molecular flexibility index (Phi) is 5.29. The van der Waals surface area contributed by atoms with E-state index in [9.17, 15) is 13.5 Å². The van der Waals surface area contributed by atoms with Crippen molar-refractivity contribution in [2.45, 2.75) is 63.9 Å². The Morgan fingerprint density at radius 3 is 2.60 bits per heavy atom. The zero-order chi connectivity index (χ0) is 18.2. The summed E-state index contributed by atoms with van der Waals surface area (Å²) in [7, 11) is -3.71. The minimum atomic E-state index is -3.71. The minimum absolute atomic E-state index is 0.105. The molecule has 0 amide bonds. The van der Waals surface area contributed by atoms with Crippen molar-refractivity contribution in [1.82, 2.24) is 0 Å². The van der Waals surface area contributed by atoms with Gasteiger partial charge in [-0.25, -0.2) is 0 Å². The molecule has 2 aliphatic rings. The van der Waals surface area contributed by atoms with Gasteiger partial charge in [0.25, 0.3) is 10.1 Å². The maximum Gasteiger partial charge on any atom is 0.296 e. The molecular weight excluding hydrogens is 336 g/mol. The van der Waals surface area contributed by atoms with E-state index >= 15 is 0 Å². The van der Waals surface area contributed by atoms with Gasteiger partial charge in [-0.05, 0) is 67.9 Å². The van der Waals surface area contributed by atoms with Gasteiger partial charge >= 0.3 is 0 Å². The molecular formula is C20H30O4S. The molecule has 3 rings (SSSR count). The van der Waals surface area contributed by atoms with Crippen molar-refractivity contribution >= 4 is 10.1 Å². The Balaban J connectivity index is 1.66. The molecule has 0 aliphatic heterocycles. The van der Waals surface area contributed by atoms with Crippen LogP contribution in [0.2, 0.25) is 0 Å². The molecule has 5 atom stereocenters. The molecule has 0 saturated heterocycles. The lowest BCUT2D eigenvalue weighted by atomic mass is 9.62. The number of hydrogen-bond acceptors (Lipinski definition) is 4. The lowest BCUT2D eigenvalue weighted by Gasteiger charge is -2.45. The van der Waals surface area contributed by atoms with Crippen LogP contribution in [0.5, 0.6) is 0 Å². The molecule has 2 saturated carbocycles. The number of aliphatic hydroxyl groups excluding tert-OH is 1. The van der Waals surface area contributed by atoms with Crippen molar-refractivity contribution in [3.8, 4) is 0 Å². The van der Waals surface area contributed by atoms with E-state index in [4.69, 9.17) is 4.18 Å². The molecule has 0 aromatic heterocycles. The fourth-order valence-electron chi connectivity index (χ4n) is 5.21. The fourth-order valence-corrected chi connectivity index (χ4v) is 6.21. The predicted molar refractivity (Wildman–Crippen MR) is 97.7 cm³/mol. The first kappa shape index (κ1) is 18.9. The summed E-state index contributed by atoms with van der Waals surface area (Å²) in [6, 6.07) is 6.76. The molecule has 25 heavy (non-hydrogen) atoms. The van der Waals surface area contributed by atoms with Gasteiger partial charge in [0, 0.05) is 0 Å². The van der Waals surface area contributed by atoms with Gasteiger partial charge < -0.3 is 5.11 Å². The van der Waals surface area contributed by atoms with Gasteiger partial charge in [-0.15, -0.1) is 0 Å². The van der Waals surface area contributed by atoms with E-state index in [0.717, 1.165) is 37.7 Å². The second kappa shape index (κ2) is 7.01. The van der Waals surface area contributed by atoms with Crippen LogP contribution in [-0.2, 0) is 14.3 Å². The Bertz CT molecular complexity index is 697. The molecule has 0 heterocycles. The first-order valence-electron chi connectivity index (χ1n) is 9.38. The van der Waals surface area contributed by atoms with Crippen molar-refractivity contribution < 1.29 is 17.7 Å². The zero-order valence-electron chi connectivity index (χ0n) is 15.4. The quantitative estimate of drug-likeness (QED) is 0.803. The fraction of sp³-hybridized carbons (Fsp3) is 0.700. The van der Waals surface area contributed by atoms with Gasteiger partial charge in [-0.2, -0.15) is 8.42 Å². The summed E-state index contributed by atoms with van der Waals surface area (Å²) in [5.74, 6) is 0.906. The Morgan fingerprint density at radius 2 is 1.92 bits per heavy atom. The molecule has 0 radical (unpaired) electrons. The summed E-state index contributed by atoms with van der Waals surface area (Å²) < 4.78 is 30.2. The van der Waals surface area contributed by atoms with Crippen LogP contribution in [0.1, 0.15) is 51.5 Å². The SMILES string of the molecule is Cc1ccc(S(=O)(=O)OC[C@@H](C)[C@H]2CCC3[C@@H](O)CCC[C@@]32C)cc1. The van der Waals surface area contributed by atoms with E-state index in [2.05, 4.69) is 13.8 Å². The minimum Gasteiger partial charge on any atom is -0.393 e. The van der Waals surface area contributed by atoms with Crippen LogP contribution in [0.15, 0.2) is 29.2 Å². The van der Waals surface area contributed by atoms with Crippen LogP contribution in [0, 0.1) is 30.1 Å². The number of rotatable bonds is 5. The second-order valence-electron chi connectivity index (χ2n) is 8.28. The Hall–Kier alpha value is -0.910. The summed E-state index contributed by atoms with van der Waals surface area (Å²) in [6.45, 7) is 6.50. The second-order valence-corrected chi connectivity index (χ2v) is 9.90. The molecule has 1 aromatic carbocycles. The highest BCUT2D eigenvalue weighted by Gasteiger charge is 2.52. The number of hydrogen-bond donors (Lipinski definition) is 1. The molecule has 1 aromatic rings. The summed E-state index contributed by atoms with van der Waals surface area (Å²) >= 11 is 0. The summed E-state index contributed by atoms with van der Waals surface area (Å²) in [5.41, 5.74) is 1.13. The Labute approximate surface area is 151 Å². The number of aryl methyl sites for hydroxylation is 1. The third kappa shape index (κ3) is 3.64. The topological polar surface area (TPSA) is 63.6 Å². The van der Waals surface area contributed by atoms with Crippen LogP contribution in [-0.4, -0.2) is 26.2 Å². The van der Waals surface area contributed by atoms with Gasteiger partial charge in [-0.3, -0.25) is 4.18 Å². The summed E-state index contributed by atoms with van der Waals surface area (Å²) in [4.78, 5) is 0.217. The predicted octanol–water partition coefficient (Wildman–Crippen LogP) is 3.91. The van der Waals surface area contributed by atoms with E-state index < -0.39 is 10.1 Å². The highest BCUT2D eigenvalue weighted by Crippen LogP contribution is 2.57. The van der Waals surface area contributed by atoms with Gasteiger partial charge in [0.05, 0.1) is 17.6 Å². The van der Waals surface area contributed by atoms with E-state index in [1.807, 2.05) is 6.92 Å². The smallest absolute Gasteiger partial charge is 0.296 e. The van der Waals surface area contributed by atoms with Crippen molar-refractivity contribution in [2.75, 3.05) is 6.61 Å². The first-order valence-corrected chi connectivity index (χ1v) is 10.8. The van der Waals surface area contributed by atoms with Crippen molar-refractivity contribution in [3.63, 3.8) is 0 Å². The molecule has 1 unspecified atom stereocenters. The monoisotopic (exact) mass is 366 g/mol. The van der Waals surface area contributed by atoms with Crippen LogP contribution in [0.3, 0.4) is 0 Å². The molecule has 5 heteroatoms. The first-order chi connectivity index (χ1) is 11.7. The summed E-state index contributed by atoms with van der Waals surface area (Å²) in [6.07, 6.45) is 4.96. The highest BCUT2D eigenvalue weighted by atomic mass is 32.2. The van der Waals surface area contributed by atoms with Crippen molar-refractivity contribution in [3.05, 3.63) is 29.8 Å². The molecule has 2 fully saturated rings. The van der Waals surface area contributed by atoms with Gasteiger partial charge in [0.2, 0.25) is 0 Å². The number of aliphatic hydroxyl groups is 1. The normalized spacial score (nSPS) is 33.8. The van der Waals surface area contributed by atoms with Crippen LogP contribution in [0.4, 0.5) is 0 Å². The number of benzene rings is 1. The average molecular weight is 367 g/mol. The summed E-state index contributed by atoms with van der Waals surface area (Å²) in [5, 5.41) is 10.3.